The van der Waals surface area contributed by atoms with E-state index in [0.717, 1.165) is 27.3 Å². The monoisotopic (exact) mass is 306 g/mol. The molecule has 6 heteroatoms. The second-order valence-corrected chi connectivity index (χ2v) is 6.43. The summed E-state index contributed by atoms with van der Waals surface area (Å²) in [6.07, 6.45) is 1.36. The lowest BCUT2D eigenvalue weighted by Gasteiger charge is -2.12. The number of nitrogens with zero attached hydrogens (tertiary/aromatic N) is 1. The third-order valence-electron chi connectivity index (χ3n) is 3.35. The Kier molecular flexibility index (Phi) is 5.01. The number of rotatable bonds is 6. The van der Waals surface area contributed by atoms with E-state index in [1.54, 1.807) is 11.3 Å². The molecule has 0 aliphatic rings. The van der Waals surface area contributed by atoms with Gasteiger partial charge in [0.05, 0.1) is 26.6 Å². The molecule has 1 atom stereocenters. The summed E-state index contributed by atoms with van der Waals surface area (Å²) in [5, 5.41) is 7.18. The minimum Gasteiger partial charge on any atom is -0.397 e. The van der Waals surface area contributed by atoms with Crippen LogP contribution in [0.15, 0.2) is 12.1 Å². The van der Waals surface area contributed by atoms with Crippen LogP contribution in [0.2, 0.25) is 0 Å². The topological polar surface area (TPSA) is 80.0 Å². The van der Waals surface area contributed by atoms with E-state index in [4.69, 9.17) is 5.73 Å². The van der Waals surface area contributed by atoms with Gasteiger partial charge in [0.1, 0.15) is 0 Å². The van der Waals surface area contributed by atoms with Crippen LogP contribution in [0.25, 0.3) is 10.2 Å². The van der Waals surface area contributed by atoms with Crippen molar-refractivity contribution in [3.8, 4) is 0 Å². The Morgan fingerprint density at radius 1 is 1.48 bits per heavy atom. The van der Waals surface area contributed by atoms with Gasteiger partial charge in [-0.2, -0.15) is 0 Å². The van der Waals surface area contributed by atoms with E-state index in [1.807, 2.05) is 26.0 Å². The molecule has 114 valence electrons. The van der Waals surface area contributed by atoms with Crippen molar-refractivity contribution in [2.75, 3.05) is 17.6 Å². The zero-order chi connectivity index (χ0) is 15.4. The normalized spacial score (nSPS) is 12.3. The van der Waals surface area contributed by atoms with Gasteiger partial charge < -0.3 is 16.4 Å². The number of aromatic nitrogens is 1. The first kappa shape index (κ1) is 15.6. The Hall–Kier alpha value is -1.82. The first-order chi connectivity index (χ1) is 9.99. The largest absolute Gasteiger partial charge is 0.397 e. The molecule has 1 aromatic carbocycles. The van der Waals surface area contributed by atoms with Gasteiger partial charge in [-0.25, -0.2) is 4.98 Å². The molecule has 1 amide bonds. The molecule has 2 aromatic rings. The van der Waals surface area contributed by atoms with Gasteiger partial charge in [-0.05, 0) is 32.4 Å². The first-order valence-electron chi connectivity index (χ1n) is 7.19. The number of carbonyl (C=O) groups excluding carboxylic acids is 1. The molecule has 0 aliphatic carbocycles. The predicted octanol–water partition coefficient (Wildman–Crippen LogP) is 2.90. The van der Waals surface area contributed by atoms with Crippen molar-refractivity contribution in [3.05, 3.63) is 17.1 Å². The van der Waals surface area contributed by atoms with Gasteiger partial charge in [-0.3, -0.25) is 4.79 Å². The lowest BCUT2D eigenvalue weighted by atomic mass is 10.2. The Balaban J connectivity index is 1.94. The van der Waals surface area contributed by atoms with E-state index in [0.29, 0.717) is 18.7 Å². The van der Waals surface area contributed by atoms with E-state index in [1.165, 1.54) is 0 Å². The highest BCUT2D eigenvalue weighted by molar-refractivity contribution is 7.18. The standard InChI is InChI=1S/C15H22N4OS/c1-4-9(2)18-15(20)5-6-17-12-8-13-14(7-11(12)16)21-10(3)19-13/h7-9,17H,4-6,16H2,1-3H3,(H,18,20). The van der Waals surface area contributed by atoms with E-state index in [9.17, 15) is 4.79 Å². The molecule has 1 aromatic heterocycles. The van der Waals surface area contributed by atoms with Crippen molar-refractivity contribution in [1.82, 2.24) is 10.3 Å². The fourth-order valence-corrected chi connectivity index (χ4v) is 2.87. The molecule has 0 aliphatic heterocycles. The molecular formula is C15H22N4OS. The molecule has 1 unspecified atom stereocenters. The smallest absolute Gasteiger partial charge is 0.221 e. The summed E-state index contributed by atoms with van der Waals surface area (Å²) in [5.41, 5.74) is 8.50. The number of nitrogen functional groups attached to an aromatic ring is 1. The molecule has 4 N–H and O–H groups in total. The SMILES string of the molecule is CCC(C)NC(=O)CCNc1cc2nc(C)sc2cc1N. The number of nitrogens with one attached hydrogen (secondary N) is 2. The molecule has 5 nitrogen and oxygen atoms in total. The Bertz CT molecular complexity index is 638. The number of anilines is 2. The van der Waals surface area contributed by atoms with Crippen LogP contribution < -0.4 is 16.4 Å². The Morgan fingerprint density at radius 2 is 2.24 bits per heavy atom. The van der Waals surface area contributed by atoms with Crippen molar-refractivity contribution in [2.45, 2.75) is 39.7 Å². The van der Waals surface area contributed by atoms with Crippen LogP contribution in [-0.4, -0.2) is 23.5 Å². The minimum atomic E-state index is 0.0565. The number of nitrogens with two attached hydrogens (primary N) is 1. The van der Waals surface area contributed by atoms with Crippen LogP contribution in [0, 0.1) is 6.92 Å². The van der Waals surface area contributed by atoms with Gasteiger partial charge in [-0.1, -0.05) is 6.92 Å². The summed E-state index contributed by atoms with van der Waals surface area (Å²) >= 11 is 1.63. The molecule has 21 heavy (non-hydrogen) atoms. The van der Waals surface area contributed by atoms with Crippen LogP contribution in [-0.2, 0) is 4.79 Å². The molecule has 0 saturated heterocycles. The van der Waals surface area contributed by atoms with Crippen molar-refractivity contribution in [1.29, 1.82) is 0 Å². The van der Waals surface area contributed by atoms with Crippen LogP contribution in [0.3, 0.4) is 0 Å². The molecule has 0 spiro atoms. The maximum Gasteiger partial charge on any atom is 0.221 e. The number of benzene rings is 1. The molecular weight excluding hydrogens is 284 g/mol. The summed E-state index contributed by atoms with van der Waals surface area (Å²) in [5.74, 6) is 0.0565. The zero-order valence-corrected chi connectivity index (χ0v) is 13.5. The number of amides is 1. The highest BCUT2D eigenvalue weighted by atomic mass is 32.1. The average molecular weight is 306 g/mol. The summed E-state index contributed by atoms with van der Waals surface area (Å²) in [7, 11) is 0. The summed E-state index contributed by atoms with van der Waals surface area (Å²) in [4.78, 5) is 16.2. The average Bonchev–Trinajstić information content (AvgIpc) is 2.77. The molecule has 0 radical (unpaired) electrons. The van der Waals surface area contributed by atoms with E-state index < -0.39 is 0 Å². The van der Waals surface area contributed by atoms with Gasteiger partial charge in [-0.15, -0.1) is 11.3 Å². The fraction of sp³-hybridized carbons (Fsp3) is 0.467. The van der Waals surface area contributed by atoms with Gasteiger partial charge in [0.15, 0.2) is 0 Å². The first-order valence-corrected chi connectivity index (χ1v) is 8.01. The molecule has 2 rings (SSSR count). The van der Waals surface area contributed by atoms with Gasteiger partial charge in [0, 0.05) is 19.0 Å². The van der Waals surface area contributed by atoms with E-state index in [2.05, 4.69) is 22.5 Å². The number of fused-ring (bicyclic) bond motifs is 1. The maximum atomic E-state index is 11.7. The summed E-state index contributed by atoms with van der Waals surface area (Å²) < 4.78 is 1.09. The zero-order valence-electron chi connectivity index (χ0n) is 12.7. The number of carbonyl (C=O) groups is 1. The lowest BCUT2D eigenvalue weighted by molar-refractivity contribution is -0.121. The van der Waals surface area contributed by atoms with Crippen molar-refractivity contribution < 1.29 is 4.79 Å². The predicted molar refractivity (Wildman–Crippen MR) is 89.8 cm³/mol. The van der Waals surface area contributed by atoms with Gasteiger partial charge in [0.2, 0.25) is 5.91 Å². The second-order valence-electron chi connectivity index (χ2n) is 5.19. The van der Waals surface area contributed by atoms with Crippen molar-refractivity contribution >= 4 is 38.8 Å². The third-order valence-corrected chi connectivity index (χ3v) is 4.29. The van der Waals surface area contributed by atoms with Crippen LogP contribution in [0.1, 0.15) is 31.7 Å². The van der Waals surface area contributed by atoms with E-state index in [-0.39, 0.29) is 11.9 Å². The Labute approximate surface area is 128 Å². The quantitative estimate of drug-likeness (QED) is 0.717. The number of thiazole rings is 1. The third kappa shape index (κ3) is 4.07. The van der Waals surface area contributed by atoms with Crippen molar-refractivity contribution in [2.24, 2.45) is 0 Å². The van der Waals surface area contributed by atoms with E-state index >= 15 is 0 Å². The molecule has 1 heterocycles. The van der Waals surface area contributed by atoms with Gasteiger partial charge >= 0.3 is 0 Å². The fourth-order valence-electron chi connectivity index (χ4n) is 2.02. The van der Waals surface area contributed by atoms with Crippen molar-refractivity contribution in [3.63, 3.8) is 0 Å². The number of hydrogen-bond acceptors (Lipinski definition) is 5. The minimum absolute atomic E-state index is 0.0565. The lowest BCUT2D eigenvalue weighted by Crippen LogP contribution is -2.32. The highest BCUT2D eigenvalue weighted by Gasteiger charge is 2.08. The molecule has 0 saturated carbocycles. The second kappa shape index (κ2) is 6.76. The van der Waals surface area contributed by atoms with Gasteiger partial charge in [0.25, 0.3) is 0 Å². The Morgan fingerprint density at radius 3 is 2.95 bits per heavy atom. The number of hydrogen-bond donors (Lipinski definition) is 3. The van der Waals surface area contributed by atoms with Crippen LogP contribution >= 0.6 is 11.3 Å². The molecule has 0 fully saturated rings. The summed E-state index contributed by atoms with van der Waals surface area (Å²) in [6, 6.07) is 4.10. The summed E-state index contributed by atoms with van der Waals surface area (Å²) in [6.45, 7) is 6.59. The maximum absolute atomic E-state index is 11.7. The number of aryl methyl sites for hydroxylation is 1. The van der Waals surface area contributed by atoms with Crippen LogP contribution in [0.4, 0.5) is 11.4 Å². The molecule has 0 bridgehead atoms. The van der Waals surface area contributed by atoms with Crippen LogP contribution in [0.5, 0.6) is 0 Å². The highest BCUT2D eigenvalue weighted by Crippen LogP contribution is 2.29.